The maximum Gasteiger partial charge on any atom is 0.287 e. The van der Waals surface area contributed by atoms with Crippen LogP contribution >= 0.6 is 21.6 Å². The van der Waals surface area contributed by atoms with Gasteiger partial charge in [-0.15, -0.1) is 0 Å². The molecule has 5 rings (SSSR count). The first-order valence-corrected chi connectivity index (χ1v) is 14.9. The highest BCUT2D eigenvalue weighted by Gasteiger charge is 2.44. The molecule has 212 valence electrons. The minimum Gasteiger partial charge on any atom is -0.507 e. The quantitative estimate of drug-likeness (QED) is 0.0876. The van der Waals surface area contributed by atoms with Gasteiger partial charge in [-0.3, -0.25) is 24.5 Å². The Morgan fingerprint density at radius 1 is 1.12 bits per heavy atom. The van der Waals surface area contributed by atoms with E-state index in [0.717, 1.165) is 0 Å². The largest absolute Gasteiger partial charge is 0.507 e. The number of methoxy groups -OCH3 is 1. The Morgan fingerprint density at radius 3 is 2.54 bits per heavy atom. The Labute approximate surface area is 242 Å². The molecule has 0 aliphatic heterocycles. The molecule has 0 saturated carbocycles. The van der Waals surface area contributed by atoms with Crippen molar-refractivity contribution in [2.75, 3.05) is 19.4 Å². The van der Waals surface area contributed by atoms with Crippen LogP contribution < -0.4 is 10.1 Å². The third kappa shape index (κ3) is 4.99. The number of ketones is 2. The third-order valence-electron chi connectivity index (χ3n) is 7.42. The second kappa shape index (κ2) is 11.1. The van der Waals surface area contributed by atoms with Crippen molar-refractivity contribution in [3.05, 3.63) is 80.0 Å². The fourth-order valence-corrected chi connectivity index (χ4v) is 7.00. The molecule has 2 aliphatic rings. The standard InChI is InChI=1S/C28H25N3O8S2/c1-28(27(36)29-10-11-40-41-19-7-6-14(13-30-19)31(37)38)9-8-15-17(12-28)25(34)21-22(23(15)32)26(35)20-16(24(21)33)4-3-5-18(20)39-2/h3-7,13,32,34H,8-12H2,1-2H3,(H,29,36)/t28-/m0/s1. The van der Waals surface area contributed by atoms with Crippen LogP contribution in [-0.2, 0) is 17.6 Å². The number of nitro groups is 1. The molecule has 0 fully saturated rings. The molecular formula is C28H25N3O8S2. The Bertz CT molecular complexity index is 1610. The lowest BCUT2D eigenvalue weighted by molar-refractivity contribution is -0.385. The minimum atomic E-state index is -0.925. The first kappa shape index (κ1) is 28.4. The fourth-order valence-electron chi connectivity index (χ4n) is 5.24. The number of carbonyl (C=O) groups is 3. The number of phenols is 2. The summed E-state index contributed by atoms with van der Waals surface area (Å²) >= 11 is 0. The van der Waals surface area contributed by atoms with E-state index in [4.69, 9.17) is 4.74 Å². The lowest BCUT2D eigenvalue weighted by Gasteiger charge is -2.35. The smallest absolute Gasteiger partial charge is 0.287 e. The highest BCUT2D eigenvalue weighted by molar-refractivity contribution is 8.76. The van der Waals surface area contributed by atoms with Gasteiger partial charge in [0.25, 0.3) is 5.69 Å². The number of hydrogen-bond donors (Lipinski definition) is 3. The number of rotatable bonds is 8. The SMILES string of the molecule is COc1cccc2c1C(=O)c1c(O)c3c(c(O)c1C2=O)C[C@@](C)(C(=O)NCCSSc1ccc([N+](=O)[O-])cn1)CC3. The van der Waals surface area contributed by atoms with Gasteiger partial charge in [0.15, 0.2) is 5.78 Å². The van der Waals surface area contributed by atoms with Crippen LogP contribution in [0.2, 0.25) is 0 Å². The molecule has 11 nitrogen and oxygen atoms in total. The zero-order chi connectivity index (χ0) is 29.5. The van der Waals surface area contributed by atoms with Crippen molar-refractivity contribution < 1.29 is 34.3 Å². The summed E-state index contributed by atoms with van der Waals surface area (Å²) in [6.07, 6.45) is 1.84. The lowest BCUT2D eigenvalue weighted by atomic mass is 9.69. The van der Waals surface area contributed by atoms with Gasteiger partial charge in [-0.25, -0.2) is 4.98 Å². The van der Waals surface area contributed by atoms with Crippen molar-refractivity contribution in [1.82, 2.24) is 10.3 Å². The average molecular weight is 596 g/mol. The molecule has 2 aromatic carbocycles. The number of amides is 1. The van der Waals surface area contributed by atoms with E-state index in [1.54, 1.807) is 25.1 Å². The van der Waals surface area contributed by atoms with Crippen LogP contribution in [0.15, 0.2) is 41.6 Å². The number of ether oxygens (including phenoxy) is 1. The van der Waals surface area contributed by atoms with Crippen LogP contribution in [0, 0.1) is 15.5 Å². The number of carbonyl (C=O) groups excluding carboxylic acids is 3. The van der Waals surface area contributed by atoms with Crippen LogP contribution in [0.1, 0.15) is 56.3 Å². The number of phenolic OH excluding ortho intramolecular Hbond substituents is 2. The zero-order valence-corrected chi connectivity index (χ0v) is 23.7. The van der Waals surface area contributed by atoms with Crippen molar-refractivity contribution >= 4 is 44.7 Å². The van der Waals surface area contributed by atoms with Crippen LogP contribution in [0.3, 0.4) is 0 Å². The first-order valence-electron chi connectivity index (χ1n) is 12.6. The van der Waals surface area contributed by atoms with E-state index in [-0.39, 0.29) is 69.5 Å². The summed E-state index contributed by atoms with van der Waals surface area (Å²) < 4.78 is 5.27. The summed E-state index contributed by atoms with van der Waals surface area (Å²) in [5.74, 6) is -1.43. The molecule has 2 aliphatic carbocycles. The van der Waals surface area contributed by atoms with Crippen molar-refractivity contribution in [1.29, 1.82) is 0 Å². The normalized spacial score (nSPS) is 17.3. The Morgan fingerprint density at radius 2 is 1.85 bits per heavy atom. The highest BCUT2D eigenvalue weighted by atomic mass is 33.1. The topological polar surface area (TPSA) is 169 Å². The highest BCUT2D eigenvalue weighted by Crippen LogP contribution is 2.49. The predicted octanol–water partition coefficient (Wildman–Crippen LogP) is 4.24. The van der Waals surface area contributed by atoms with Crippen LogP contribution in [0.25, 0.3) is 0 Å². The lowest BCUT2D eigenvalue weighted by Crippen LogP contribution is -2.43. The molecular weight excluding hydrogens is 570 g/mol. The molecule has 0 bridgehead atoms. The second-order valence-electron chi connectivity index (χ2n) is 9.96. The molecule has 3 aromatic rings. The molecule has 0 unspecified atom stereocenters. The van der Waals surface area contributed by atoms with Gasteiger partial charge in [0.1, 0.15) is 28.5 Å². The van der Waals surface area contributed by atoms with Crippen molar-refractivity contribution in [3.8, 4) is 17.2 Å². The van der Waals surface area contributed by atoms with Gasteiger partial charge in [-0.1, -0.05) is 29.9 Å². The molecule has 1 heterocycles. The fraction of sp³-hybridized carbons (Fsp3) is 0.286. The van der Waals surface area contributed by atoms with Gasteiger partial charge in [0.2, 0.25) is 11.7 Å². The number of fused-ring (bicyclic) bond motifs is 3. The molecule has 0 radical (unpaired) electrons. The summed E-state index contributed by atoms with van der Waals surface area (Å²) in [6, 6.07) is 7.54. The molecule has 3 N–H and O–H groups in total. The summed E-state index contributed by atoms with van der Waals surface area (Å²) in [6.45, 7) is 2.11. The van der Waals surface area contributed by atoms with Crippen molar-refractivity contribution in [2.24, 2.45) is 5.41 Å². The molecule has 0 spiro atoms. The number of benzene rings is 2. The van der Waals surface area contributed by atoms with Crippen molar-refractivity contribution in [3.63, 3.8) is 0 Å². The van der Waals surface area contributed by atoms with Gasteiger partial charge < -0.3 is 20.3 Å². The van der Waals surface area contributed by atoms with E-state index in [0.29, 0.717) is 29.3 Å². The molecule has 13 heteroatoms. The first-order chi connectivity index (χ1) is 19.6. The number of aromatic hydroxyl groups is 2. The maximum atomic E-state index is 13.4. The van der Waals surface area contributed by atoms with E-state index >= 15 is 0 Å². The number of nitrogens with one attached hydrogen (secondary N) is 1. The summed E-state index contributed by atoms with van der Waals surface area (Å²) in [4.78, 5) is 54.3. The summed E-state index contributed by atoms with van der Waals surface area (Å²) in [5, 5.41) is 36.7. The Kier molecular flexibility index (Phi) is 7.66. The number of nitrogens with zero attached hydrogens (tertiary/aromatic N) is 2. The molecule has 0 saturated heterocycles. The minimum absolute atomic E-state index is 0.0440. The van der Waals surface area contributed by atoms with Gasteiger partial charge in [0, 0.05) is 35.1 Å². The number of aromatic nitrogens is 1. The molecule has 1 aromatic heterocycles. The summed E-state index contributed by atoms with van der Waals surface area (Å²) in [7, 11) is 4.15. The number of hydrogen-bond acceptors (Lipinski definition) is 11. The second-order valence-corrected chi connectivity index (χ2v) is 12.4. The Balaban J connectivity index is 1.29. The van der Waals surface area contributed by atoms with Crippen LogP contribution in [0.4, 0.5) is 5.69 Å². The van der Waals surface area contributed by atoms with E-state index in [2.05, 4.69) is 10.3 Å². The third-order valence-corrected chi connectivity index (χ3v) is 9.69. The summed E-state index contributed by atoms with van der Waals surface area (Å²) in [5.41, 5.74) is -0.755. The van der Waals surface area contributed by atoms with Crippen molar-refractivity contribution in [2.45, 2.75) is 31.2 Å². The van der Waals surface area contributed by atoms with Gasteiger partial charge >= 0.3 is 0 Å². The van der Waals surface area contributed by atoms with Gasteiger partial charge in [0.05, 0.1) is 34.1 Å². The van der Waals surface area contributed by atoms with E-state index < -0.39 is 21.9 Å². The zero-order valence-electron chi connectivity index (χ0n) is 22.1. The number of pyridine rings is 1. The van der Waals surface area contributed by atoms with E-state index in [1.165, 1.54) is 47.0 Å². The molecule has 41 heavy (non-hydrogen) atoms. The monoisotopic (exact) mass is 595 g/mol. The molecule has 1 amide bonds. The van der Waals surface area contributed by atoms with Gasteiger partial charge in [-0.05, 0) is 42.2 Å². The average Bonchev–Trinajstić information content (AvgIpc) is 2.97. The van der Waals surface area contributed by atoms with E-state index in [1.807, 2.05) is 0 Å². The van der Waals surface area contributed by atoms with Gasteiger partial charge in [-0.2, -0.15) is 0 Å². The van der Waals surface area contributed by atoms with Crippen LogP contribution in [0.5, 0.6) is 17.2 Å². The maximum absolute atomic E-state index is 13.4. The van der Waals surface area contributed by atoms with E-state index in [9.17, 15) is 34.7 Å². The molecule has 1 atom stereocenters. The predicted molar refractivity (Wildman–Crippen MR) is 152 cm³/mol. The Hall–Kier alpha value is -4.10. The van der Waals surface area contributed by atoms with Crippen LogP contribution in [-0.4, -0.2) is 57.0 Å².